The summed E-state index contributed by atoms with van der Waals surface area (Å²) in [4.78, 5) is 17.5. The Bertz CT molecular complexity index is 1000. The minimum atomic E-state index is -3.77. The maximum Gasteiger partial charge on any atom is 0.250 e. The van der Waals surface area contributed by atoms with E-state index in [9.17, 15) is 13.2 Å². The third kappa shape index (κ3) is 3.30. The van der Waals surface area contributed by atoms with Crippen molar-refractivity contribution in [1.82, 2.24) is 0 Å². The van der Waals surface area contributed by atoms with E-state index in [4.69, 9.17) is 0 Å². The molecule has 0 amide bonds. The SMILES string of the molecule is CC1(C)C(C(=NS(C)(=O)=O)C(=O)c2ccccc2)=Nc2ccccc21. The molecule has 0 saturated carbocycles. The van der Waals surface area contributed by atoms with Gasteiger partial charge in [0.05, 0.1) is 17.7 Å². The molecule has 0 unspecified atom stereocenters. The van der Waals surface area contributed by atoms with Crippen molar-refractivity contribution in [2.75, 3.05) is 6.26 Å². The molecule has 1 aliphatic rings. The predicted octanol–water partition coefficient (Wildman–Crippen LogP) is 3.33. The van der Waals surface area contributed by atoms with Gasteiger partial charge in [-0.15, -0.1) is 0 Å². The number of nitrogens with zero attached hydrogens (tertiary/aromatic N) is 2. The zero-order chi connectivity index (χ0) is 18.2. The van der Waals surface area contributed by atoms with Crippen LogP contribution in [0.5, 0.6) is 0 Å². The molecule has 0 saturated heterocycles. The zero-order valence-electron chi connectivity index (χ0n) is 14.2. The molecule has 1 aliphatic heterocycles. The van der Waals surface area contributed by atoms with E-state index in [0.29, 0.717) is 11.3 Å². The van der Waals surface area contributed by atoms with Crippen LogP contribution in [0.4, 0.5) is 5.69 Å². The smallest absolute Gasteiger partial charge is 0.250 e. The van der Waals surface area contributed by atoms with E-state index < -0.39 is 21.2 Å². The molecule has 5 nitrogen and oxygen atoms in total. The average Bonchev–Trinajstić information content (AvgIpc) is 2.83. The quantitative estimate of drug-likeness (QED) is 0.624. The standard InChI is InChI=1S/C19H18N2O3S/c1-19(2)14-11-7-8-12-15(14)20-18(19)16(21-25(3,23)24)17(22)13-9-5-4-6-10-13/h4-12H,1-3H3. The van der Waals surface area contributed by atoms with Gasteiger partial charge in [0.15, 0.2) is 0 Å². The first-order valence-electron chi connectivity index (χ1n) is 7.79. The maximum absolute atomic E-state index is 13.0. The molecule has 0 bridgehead atoms. The summed E-state index contributed by atoms with van der Waals surface area (Å²) < 4.78 is 27.4. The second-order valence-electron chi connectivity index (χ2n) is 6.47. The Hall–Kier alpha value is -2.60. The summed E-state index contributed by atoms with van der Waals surface area (Å²) >= 11 is 0. The van der Waals surface area contributed by atoms with Crippen molar-refractivity contribution in [3.63, 3.8) is 0 Å². The van der Waals surface area contributed by atoms with Crippen molar-refractivity contribution in [3.8, 4) is 0 Å². The Kier molecular flexibility index (Phi) is 4.16. The first-order valence-corrected chi connectivity index (χ1v) is 9.64. The van der Waals surface area contributed by atoms with Crippen molar-refractivity contribution < 1.29 is 13.2 Å². The van der Waals surface area contributed by atoms with E-state index in [0.717, 1.165) is 17.5 Å². The maximum atomic E-state index is 13.0. The Balaban J connectivity index is 2.19. The lowest BCUT2D eigenvalue weighted by molar-refractivity contribution is 0.106. The molecule has 3 rings (SSSR count). The lowest BCUT2D eigenvalue weighted by atomic mass is 9.78. The largest absolute Gasteiger partial charge is 0.287 e. The van der Waals surface area contributed by atoms with Crippen molar-refractivity contribution in [2.45, 2.75) is 19.3 Å². The molecular weight excluding hydrogens is 336 g/mol. The fourth-order valence-corrected chi connectivity index (χ4v) is 3.42. The van der Waals surface area contributed by atoms with Crippen LogP contribution < -0.4 is 0 Å². The van der Waals surface area contributed by atoms with Crippen LogP contribution in [0.15, 0.2) is 64.0 Å². The normalized spacial score (nSPS) is 16.3. The van der Waals surface area contributed by atoms with Crippen LogP contribution in [0.3, 0.4) is 0 Å². The molecule has 1 heterocycles. The number of carbonyl (C=O) groups is 1. The summed E-state index contributed by atoms with van der Waals surface area (Å²) in [6.45, 7) is 3.82. The average molecular weight is 354 g/mol. The van der Waals surface area contributed by atoms with E-state index >= 15 is 0 Å². The second kappa shape index (κ2) is 6.04. The number of benzene rings is 2. The number of carbonyl (C=O) groups excluding carboxylic acids is 1. The lowest BCUT2D eigenvalue weighted by Crippen LogP contribution is -2.37. The monoisotopic (exact) mass is 354 g/mol. The molecule has 0 spiro atoms. The number of sulfonamides is 1. The van der Waals surface area contributed by atoms with Crippen molar-refractivity contribution in [1.29, 1.82) is 0 Å². The highest BCUT2D eigenvalue weighted by Crippen LogP contribution is 2.40. The molecule has 2 aromatic rings. The second-order valence-corrected chi connectivity index (χ2v) is 8.12. The molecule has 2 aromatic carbocycles. The van der Waals surface area contributed by atoms with Gasteiger partial charge in [-0.2, -0.15) is 4.40 Å². The number of ketones is 1. The molecule has 25 heavy (non-hydrogen) atoms. The third-order valence-electron chi connectivity index (χ3n) is 4.13. The molecule has 0 fully saturated rings. The van der Waals surface area contributed by atoms with E-state index in [-0.39, 0.29) is 5.71 Å². The number of hydrogen-bond acceptors (Lipinski definition) is 4. The molecule has 0 aliphatic carbocycles. The first kappa shape index (κ1) is 17.2. The van der Waals surface area contributed by atoms with Crippen LogP contribution in [-0.4, -0.2) is 31.9 Å². The Morgan fingerprint density at radius 1 is 1.00 bits per heavy atom. The topological polar surface area (TPSA) is 75.9 Å². The molecule has 0 N–H and O–H groups in total. The summed E-state index contributed by atoms with van der Waals surface area (Å²) in [5, 5.41) is 0. The number of fused-ring (bicyclic) bond motifs is 1. The summed E-state index contributed by atoms with van der Waals surface area (Å²) in [5.41, 5.74) is 1.66. The minimum Gasteiger partial charge on any atom is -0.287 e. The summed E-state index contributed by atoms with van der Waals surface area (Å²) in [5.74, 6) is -0.453. The number of rotatable bonds is 4. The van der Waals surface area contributed by atoms with Gasteiger partial charge < -0.3 is 0 Å². The van der Waals surface area contributed by atoms with Crippen LogP contribution in [0.2, 0.25) is 0 Å². The number of Topliss-reactive ketones (excluding diaryl/α,β-unsaturated/α-hetero) is 1. The predicted molar refractivity (Wildman–Crippen MR) is 99.6 cm³/mol. The van der Waals surface area contributed by atoms with Crippen LogP contribution in [-0.2, 0) is 15.4 Å². The molecule has 6 heteroatoms. The summed E-state index contributed by atoms with van der Waals surface area (Å²) in [6, 6.07) is 16.0. The Labute approximate surface area is 147 Å². The van der Waals surface area contributed by atoms with Crippen molar-refractivity contribution in [2.24, 2.45) is 9.39 Å². The van der Waals surface area contributed by atoms with Crippen LogP contribution >= 0.6 is 0 Å². The van der Waals surface area contributed by atoms with Gasteiger partial charge in [0.25, 0.3) is 10.0 Å². The lowest BCUT2D eigenvalue weighted by Gasteiger charge is -2.22. The van der Waals surface area contributed by atoms with Gasteiger partial charge in [-0.1, -0.05) is 48.5 Å². The van der Waals surface area contributed by atoms with Crippen molar-refractivity contribution >= 4 is 32.9 Å². The van der Waals surface area contributed by atoms with Gasteiger partial charge in [0.2, 0.25) is 5.78 Å². The molecule has 128 valence electrons. The fraction of sp³-hybridized carbons (Fsp3) is 0.211. The van der Waals surface area contributed by atoms with Gasteiger partial charge in [0.1, 0.15) is 5.71 Å². The van der Waals surface area contributed by atoms with Gasteiger partial charge in [0, 0.05) is 11.0 Å². The van der Waals surface area contributed by atoms with Crippen LogP contribution in [0.1, 0.15) is 29.8 Å². The fourth-order valence-electron chi connectivity index (χ4n) is 2.92. The van der Waals surface area contributed by atoms with Gasteiger partial charge in [-0.05, 0) is 25.5 Å². The highest BCUT2D eigenvalue weighted by molar-refractivity contribution is 7.89. The van der Waals surface area contributed by atoms with E-state index in [1.807, 2.05) is 38.1 Å². The first-order chi connectivity index (χ1) is 11.7. The van der Waals surface area contributed by atoms with E-state index in [2.05, 4.69) is 9.39 Å². The minimum absolute atomic E-state index is 0.130. The molecule has 0 radical (unpaired) electrons. The molecule has 0 atom stereocenters. The van der Waals surface area contributed by atoms with Gasteiger partial charge >= 0.3 is 0 Å². The van der Waals surface area contributed by atoms with Crippen LogP contribution in [0.25, 0.3) is 0 Å². The number of aliphatic imine (C=N–C) groups is 1. The number of para-hydroxylation sites is 1. The zero-order valence-corrected chi connectivity index (χ0v) is 15.0. The third-order valence-corrected chi connectivity index (χ3v) is 4.65. The van der Waals surface area contributed by atoms with Gasteiger partial charge in [-0.3, -0.25) is 4.79 Å². The molecular formula is C19H18N2O3S. The summed E-state index contributed by atoms with van der Waals surface area (Å²) in [6.07, 6.45) is 0.973. The highest BCUT2D eigenvalue weighted by Gasteiger charge is 2.40. The summed E-state index contributed by atoms with van der Waals surface area (Å²) in [7, 11) is -3.77. The van der Waals surface area contributed by atoms with E-state index in [1.54, 1.807) is 30.3 Å². The van der Waals surface area contributed by atoms with Crippen LogP contribution in [0, 0.1) is 0 Å². The Morgan fingerprint density at radius 2 is 1.60 bits per heavy atom. The Morgan fingerprint density at radius 3 is 2.20 bits per heavy atom. The number of hydrogen-bond donors (Lipinski definition) is 0. The highest BCUT2D eigenvalue weighted by atomic mass is 32.2. The molecule has 0 aromatic heterocycles. The van der Waals surface area contributed by atoms with Gasteiger partial charge in [-0.25, -0.2) is 13.4 Å². The van der Waals surface area contributed by atoms with Crippen molar-refractivity contribution in [3.05, 3.63) is 65.7 Å². The van der Waals surface area contributed by atoms with E-state index in [1.165, 1.54) is 0 Å².